The molecule has 6 heteroatoms. The number of urea groups is 1. The fourth-order valence-corrected chi connectivity index (χ4v) is 4.89. The average molecular weight is 396 g/mol. The van der Waals surface area contributed by atoms with E-state index in [2.05, 4.69) is 40.2 Å². The summed E-state index contributed by atoms with van der Waals surface area (Å²) in [6, 6.07) is 16.2. The summed E-state index contributed by atoms with van der Waals surface area (Å²) in [7, 11) is 0. The molecule has 3 aromatic rings. The van der Waals surface area contributed by atoms with E-state index in [0.717, 1.165) is 18.4 Å². The number of rotatable bonds is 5. The van der Waals surface area contributed by atoms with Crippen molar-refractivity contribution in [3.05, 3.63) is 64.5 Å². The quantitative estimate of drug-likeness (QED) is 0.534. The number of nitrogens with one attached hydrogen (secondary N) is 3. The third-order valence-electron chi connectivity index (χ3n) is 5.11. The van der Waals surface area contributed by atoms with Crippen LogP contribution in [0.3, 0.4) is 0 Å². The lowest BCUT2D eigenvalue weighted by molar-refractivity contribution is 0.236. The molecule has 146 valence electrons. The first kappa shape index (κ1) is 18.8. The number of phenols is 1. The van der Waals surface area contributed by atoms with Crippen LogP contribution < -0.4 is 16.0 Å². The lowest BCUT2D eigenvalue weighted by Crippen LogP contribution is -2.48. The number of aromatic hydroxyl groups is 1. The van der Waals surface area contributed by atoms with Gasteiger partial charge in [0.2, 0.25) is 0 Å². The average Bonchev–Trinajstić information content (AvgIpc) is 3.08. The maximum absolute atomic E-state index is 12.3. The van der Waals surface area contributed by atoms with E-state index in [1.54, 1.807) is 23.5 Å². The second kappa shape index (κ2) is 8.20. The van der Waals surface area contributed by atoms with Crippen molar-refractivity contribution in [1.29, 1.82) is 0 Å². The van der Waals surface area contributed by atoms with Crippen molar-refractivity contribution in [1.82, 2.24) is 16.0 Å². The van der Waals surface area contributed by atoms with Gasteiger partial charge in [-0.3, -0.25) is 0 Å². The highest BCUT2D eigenvalue weighted by Crippen LogP contribution is 2.26. The molecule has 28 heavy (non-hydrogen) atoms. The van der Waals surface area contributed by atoms with E-state index >= 15 is 0 Å². The zero-order valence-electron chi connectivity index (χ0n) is 15.9. The highest BCUT2D eigenvalue weighted by molar-refractivity contribution is 7.19. The van der Waals surface area contributed by atoms with Crippen molar-refractivity contribution in [3.63, 3.8) is 0 Å². The Morgan fingerprint density at radius 1 is 1.25 bits per heavy atom. The molecule has 2 atom stereocenters. The molecule has 5 nitrogen and oxygen atoms in total. The Labute approximate surface area is 168 Å². The molecule has 0 spiro atoms. The summed E-state index contributed by atoms with van der Waals surface area (Å²) < 4.78 is 1.28. The minimum absolute atomic E-state index is 0.0658. The molecule has 4 rings (SSSR count). The van der Waals surface area contributed by atoms with E-state index in [1.807, 2.05) is 19.1 Å². The Morgan fingerprint density at radius 3 is 2.96 bits per heavy atom. The van der Waals surface area contributed by atoms with Gasteiger partial charge in [0, 0.05) is 41.2 Å². The molecule has 0 saturated carbocycles. The van der Waals surface area contributed by atoms with Crippen molar-refractivity contribution in [2.45, 2.75) is 38.4 Å². The number of fused-ring (bicyclic) bond motifs is 2. The number of amides is 2. The smallest absolute Gasteiger partial charge is 0.315 e. The molecule has 4 N–H and O–H groups in total. The maximum Gasteiger partial charge on any atom is 0.315 e. The molecule has 2 amide bonds. The Morgan fingerprint density at radius 2 is 2.11 bits per heavy atom. The van der Waals surface area contributed by atoms with Crippen LogP contribution in [0.1, 0.15) is 22.9 Å². The van der Waals surface area contributed by atoms with Crippen LogP contribution in [0.4, 0.5) is 4.79 Å². The Hall–Kier alpha value is -2.57. The third kappa shape index (κ3) is 4.46. The van der Waals surface area contributed by atoms with Crippen LogP contribution in [0.2, 0.25) is 0 Å². The molecular weight excluding hydrogens is 370 g/mol. The standard InChI is InChI=1S/C22H25N3O2S/c1-14(8-20-11-16-4-2-3-5-21(16)28-20)25-22(27)24-13-18-9-15-6-7-19(26)10-17(15)12-23-18/h2-7,10-11,14,18,23,26H,8-9,12-13H2,1H3,(H2,24,25,27)/t14-,18?/m1/s1. The SMILES string of the molecule is C[C@H](Cc1cc2ccccc2s1)NC(=O)NCC1Cc2ccc(O)cc2CN1. The normalized spacial score (nSPS) is 17.1. The van der Waals surface area contributed by atoms with Gasteiger partial charge in [-0.2, -0.15) is 0 Å². The topological polar surface area (TPSA) is 73.4 Å². The summed E-state index contributed by atoms with van der Waals surface area (Å²) in [6.07, 6.45) is 1.67. The molecule has 0 aliphatic carbocycles. The summed E-state index contributed by atoms with van der Waals surface area (Å²) in [5.41, 5.74) is 2.35. The van der Waals surface area contributed by atoms with E-state index in [1.165, 1.54) is 20.5 Å². The number of carbonyl (C=O) groups excluding carboxylic acids is 1. The molecule has 0 bridgehead atoms. The van der Waals surface area contributed by atoms with Gasteiger partial charge >= 0.3 is 6.03 Å². The highest BCUT2D eigenvalue weighted by Gasteiger charge is 2.19. The molecule has 2 heterocycles. The molecule has 0 fully saturated rings. The third-order valence-corrected chi connectivity index (χ3v) is 6.25. The largest absolute Gasteiger partial charge is 0.508 e. The lowest BCUT2D eigenvalue weighted by atomic mass is 9.95. The summed E-state index contributed by atoms with van der Waals surface area (Å²) in [5.74, 6) is 0.295. The van der Waals surface area contributed by atoms with Gasteiger partial charge in [0.1, 0.15) is 5.75 Å². The second-order valence-electron chi connectivity index (χ2n) is 7.45. The first-order valence-corrected chi connectivity index (χ1v) is 10.4. The monoisotopic (exact) mass is 395 g/mol. The van der Waals surface area contributed by atoms with Gasteiger partial charge in [-0.1, -0.05) is 24.3 Å². The second-order valence-corrected chi connectivity index (χ2v) is 8.61. The molecule has 1 aromatic heterocycles. The Kier molecular flexibility index (Phi) is 5.50. The van der Waals surface area contributed by atoms with Crippen LogP contribution in [0.5, 0.6) is 5.75 Å². The molecule has 1 aliphatic heterocycles. The van der Waals surface area contributed by atoms with Gasteiger partial charge in [-0.15, -0.1) is 11.3 Å². The van der Waals surface area contributed by atoms with E-state index in [9.17, 15) is 9.90 Å². The van der Waals surface area contributed by atoms with E-state index in [0.29, 0.717) is 18.8 Å². The number of thiophene rings is 1. The van der Waals surface area contributed by atoms with Gasteiger partial charge in [0.15, 0.2) is 0 Å². The number of hydrogen-bond acceptors (Lipinski definition) is 4. The fourth-order valence-electron chi connectivity index (χ4n) is 3.69. The Bertz CT molecular complexity index is 952. The van der Waals surface area contributed by atoms with Crippen LogP contribution in [-0.2, 0) is 19.4 Å². The van der Waals surface area contributed by atoms with Crippen LogP contribution in [0, 0.1) is 0 Å². The van der Waals surface area contributed by atoms with Crippen molar-refractivity contribution in [2.75, 3.05) is 6.54 Å². The molecule has 0 saturated heterocycles. The highest BCUT2D eigenvalue weighted by atomic mass is 32.1. The molecule has 2 aromatic carbocycles. The van der Waals surface area contributed by atoms with Crippen molar-refractivity contribution >= 4 is 27.5 Å². The van der Waals surface area contributed by atoms with Crippen LogP contribution >= 0.6 is 11.3 Å². The number of phenolic OH excluding ortho intramolecular Hbond substituents is 1. The molecule has 1 aliphatic rings. The number of carbonyl (C=O) groups is 1. The summed E-state index contributed by atoms with van der Waals surface area (Å²) in [6.45, 7) is 3.31. The molecule has 1 unspecified atom stereocenters. The van der Waals surface area contributed by atoms with Gasteiger partial charge in [-0.25, -0.2) is 4.79 Å². The first-order chi connectivity index (χ1) is 13.6. The number of hydrogen-bond donors (Lipinski definition) is 4. The van der Waals surface area contributed by atoms with Gasteiger partial charge in [0.05, 0.1) is 0 Å². The van der Waals surface area contributed by atoms with Crippen molar-refractivity contribution in [3.8, 4) is 5.75 Å². The van der Waals surface area contributed by atoms with E-state index in [-0.39, 0.29) is 18.1 Å². The van der Waals surface area contributed by atoms with Gasteiger partial charge in [-0.05, 0) is 54.1 Å². The van der Waals surface area contributed by atoms with Gasteiger partial charge in [0.25, 0.3) is 0 Å². The predicted molar refractivity (Wildman–Crippen MR) is 114 cm³/mol. The first-order valence-electron chi connectivity index (χ1n) is 9.63. The Balaban J connectivity index is 1.24. The van der Waals surface area contributed by atoms with E-state index in [4.69, 9.17) is 0 Å². The van der Waals surface area contributed by atoms with Gasteiger partial charge < -0.3 is 21.1 Å². The summed E-state index contributed by atoms with van der Waals surface area (Å²) in [4.78, 5) is 13.5. The minimum atomic E-state index is -0.132. The van der Waals surface area contributed by atoms with Crippen LogP contribution in [0.15, 0.2) is 48.5 Å². The number of benzene rings is 2. The van der Waals surface area contributed by atoms with E-state index < -0.39 is 0 Å². The predicted octanol–water partition coefficient (Wildman–Crippen LogP) is 3.55. The molecule has 0 radical (unpaired) electrons. The van der Waals surface area contributed by atoms with Crippen LogP contribution in [-0.4, -0.2) is 29.8 Å². The molecular formula is C22H25N3O2S. The summed E-state index contributed by atoms with van der Waals surface area (Å²) >= 11 is 1.78. The fraction of sp³-hybridized carbons (Fsp3) is 0.318. The van der Waals surface area contributed by atoms with Crippen LogP contribution in [0.25, 0.3) is 10.1 Å². The lowest BCUT2D eigenvalue weighted by Gasteiger charge is -2.26. The zero-order chi connectivity index (χ0) is 19.5. The van der Waals surface area contributed by atoms with Crippen molar-refractivity contribution in [2.24, 2.45) is 0 Å². The maximum atomic E-state index is 12.3. The summed E-state index contributed by atoms with van der Waals surface area (Å²) in [5, 5.41) is 20.3. The minimum Gasteiger partial charge on any atom is -0.508 e. The zero-order valence-corrected chi connectivity index (χ0v) is 16.7. The van der Waals surface area contributed by atoms with Crippen molar-refractivity contribution < 1.29 is 9.90 Å².